The first kappa shape index (κ1) is 19.6. The molecule has 2 aromatic carbocycles. The average molecular weight is 449 g/mol. The summed E-state index contributed by atoms with van der Waals surface area (Å²) < 4.78 is 57.9. The van der Waals surface area contributed by atoms with Gasteiger partial charge < -0.3 is 9.84 Å². The predicted molar refractivity (Wildman–Crippen MR) is 93.0 cm³/mol. The van der Waals surface area contributed by atoms with E-state index >= 15 is 0 Å². The zero-order valence-corrected chi connectivity index (χ0v) is 15.2. The lowest BCUT2D eigenvalue weighted by atomic mass is 10.1. The Balaban J connectivity index is 1.75. The van der Waals surface area contributed by atoms with E-state index in [4.69, 9.17) is 4.74 Å². The molecule has 1 aliphatic rings. The first-order chi connectivity index (χ1) is 12.7. The normalized spacial score (nSPS) is 19.9. The van der Waals surface area contributed by atoms with E-state index in [-0.39, 0.29) is 10.8 Å². The minimum atomic E-state index is -3.47. The van der Waals surface area contributed by atoms with Gasteiger partial charge in [-0.1, -0.05) is 28.1 Å². The lowest BCUT2D eigenvalue weighted by molar-refractivity contribution is -0.193. The van der Waals surface area contributed by atoms with E-state index in [0.29, 0.717) is 0 Å². The van der Waals surface area contributed by atoms with Gasteiger partial charge in [-0.3, -0.25) is 4.79 Å². The lowest BCUT2D eigenvalue weighted by Gasteiger charge is -2.29. The van der Waals surface area contributed by atoms with Crippen molar-refractivity contribution in [1.82, 2.24) is 5.01 Å². The van der Waals surface area contributed by atoms with Gasteiger partial charge in [-0.2, -0.15) is 10.1 Å². The molecule has 27 heavy (non-hydrogen) atoms. The van der Waals surface area contributed by atoms with Gasteiger partial charge >= 0.3 is 0 Å². The van der Waals surface area contributed by atoms with Crippen LogP contribution in [-0.2, 0) is 4.79 Å². The van der Waals surface area contributed by atoms with Crippen molar-refractivity contribution in [2.75, 3.05) is 6.61 Å². The van der Waals surface area contributed by atoms with Crippen LogP contribution >= 0.6 is 15.9 Å². The van der Waals surface area contributed by atoms with Crippen LogP contribution in [0.3, 0.4) is 0 Å². The number of aliphatic hydroxyl groups is 1. The summed E-state index contributed by atoms with van der Waals surface area (Å²) in [5.74, 6) is -0.889. The van der Waals surface area contributed by atoms with Gasteiger partial charge in [-0.15, -0.1) is 0 Å². The summed E-state index contributed by atoms with van der Waals surface area (Å²) in [6, 6.07) is 10.4. The fraction of sp³-hybridized carbons (Fsp3) is 0.294. The van der Waals surface area contributed by atoms with Crippen LogP contribution in [0.1, 0.15) is 6.42 Å². The van der Waals surface area contributed by atoms with Gasteiger partial charge in [0.15, 0.2) is 6.61 Å². The zero-order chi connectivity index (χ0) is 19.8. The number of carbonyl (C=O) groups is 1. The molecule has 0 radical (unpaired) electrons. The summed E-state index contributed by atoms with van der Waals surface area (Å²) in [6.45, 7) is -0.753. The maximum atomic E-state index is 13.1. The summed E-state index contributed by atoms with van der Waals surface area (Å²) in [4.78, 5) is 12.2. The number of ether oxygens (including phenoxy) is 1. The van der Waals surface area contributed by atoms with Gasteiger partial charge in [0.2, 0.25) is 5.72 Å². The topological polar surface area (TPSA) is 62.1 Å². The summed E-state index contributed by atoms with van der Waals surface area (Å²) in [6.07, 6.45) is -7.76. The molecule has 0 fully saturated rings. The van der Waals surface area contributed by atoms with Crippen LogP contribution < -0.4 is 4.74 Å². The lowest BCUT2D eigenvalue weighted by Crippen LogP contribution is -2.52. The third-order valence-electron chi connectivity index (χ3n) is 4.01. The van der Waals surface area contributed by atoms with Crippen LogP contribution in [0.15, 0.2) is 46.0 Å². The van der Waals surface area contributed by atoms with E-state index in [1.807, 2.05) is 18.2 Å². The second-order valence-corrected chi connectivity index (χ2v) is 6.81. The van der Waals surface area contributed by atoms with Crippen molar-refractivity contribution in [3.8, 4) is 5.75 Å². The van der Waals surface area contributed by atoms with E-state index in [2.05, 4.69) is 21.0 Å². The van der Waals surface area contributed by atoms with Crippen molar-refractivity contribution in [2.24, 2.45) is 5.10 Å². The number of benzene rings is 2. The first-order valence-electron chi connectivity index (χ1n) is 7.72. The summed E-state index contributed by atoms with van der Waals surface area (Å²) in [7, 11) is 0. The molecule has 1 heterocycles. The smallest absolute Gasteiger partial charge is 0.287 e. The Bertz CT molecular complexity index is 909. The minimum absolute atomic E-state index is 0.0165. The van der Waals surface area contributed by atoms with Gasteiger partial charge in [-0.25, -0.2) is 17.6 Å². The number of rotatable bonds is 5. The van der Waals surface area contributed by atoms with Crippen molar-refractivity contribution in [2.45, 2.75) is 25.0 Å². The summed E-state index contributed by atoms with van der Waals surface area (Å²) in [5, 5.41) is 14.8. The molecule has 1 atom stereocenters. The van der Waals surface area contributed by atoms with Crippen LogP contribution in [0.2, 0.25) is 0 Å². The monoisotopic (exact) mass is 448 g/mol. The van der Waals surface area contributed by atoms with E-state index < -0.39 is 43.2 Å². The second kappa shape index (κ2) is 7.43. The predicted octanol–water partition coefficient (Wildman–Crippen LogP) is 3.79. The molecule has 0 unspecified atom stereocenters. The number of halogens is 5. The maximum absolute atomic E-state index is 13.1. The molecule has 0 bridgehead atoms. The quantitative estimate of drug-likeness (QED) is 0.707. The van der Waals surface area contributed by atoms with Gasteiger partial charge in [0.25, 0.3) is 18.8 Å². The number of carbonyl (C=O) groups excluding carboxylic acids is 1. The van der Waals surface area contributed by atoms with Gasteiger partial charge in [0.1, 0.15) is 11.5 Å². The molecule has 5 nitrogen and oxygen atoms in total. The number of hydrogen-bond donors (Lipinski definition) is 1. The van der Waals surface area contributed by atoms with E-state index in [1.54, 1.807) is 18.2 Å². The minimum Gasteiger partial charge on any atom is -0.484 e. The molecule has 0 saturated carbocycles. The third kappa shape index (κ3) is 3.91. The zero-order valence-electron chi connectivity index (χ0n) is 13.6. The number of fused-ring (bicyclic) bond motifs is 1. The number of nitrogens with zero attached hydrogens (tertiary/aromatic N) is 2. The van der Waals surface area contributed by atoms with E-state index in [0.717, 1.165) is 15.2 Å². The maximum Gasteiger partial charge on any atom is 0.287 e. The molecule has 0 spiro atoms. The van der Waals surface area contributed by atoms with Crippen LogP contribution in [-0.4, -0.2) is 46.9 Å². The highest BCUT2D eigenvalue weighted by Gasteiger charge is 2.53. The van der Waals surface area contributed by atoms with Crippen molar-refractivity contribution in [3.63, 3.8) is 0 Å². The highest BCUT2D eigenvalue weighted by molar-refractivity contribution is 9.10. The Labute approximate surface area is 159 Å². The molecular formula is C17H13BrF4N2O3. The Morgan fingerprint density at radius 3 is 2.56 bits per heavy atom. The Hall–Kier alpha value is -2.20. The molecule has 3 rings (SSSR count). The van der Waals surface area contributed by atoms with Gasteiger partial charge in [0.05, 0.1) is 0 Å². The summed E-state index contributed by atoms with van der Waals surface area (Å²) >= 11 is 3.34. The standard InChI is InChI=1S/C17H13BrF4N2O3/c18-11-3-1-10-6-12(4-2-9(10)5-11)27-8-14(25)24-17(26,16(21)22)7-13(23-24)15(19)20/h1-6,15-16,26H,7-8H2/t17-/m1/s1. The molecule has 1 amide bonds. The second-order valence-electron chi connectivity index (χ2n) is 5.90. The molecule has 2 aromatic rings. The molecule has 1 N–H and O–H groups in total. The Morgan fingerprint density at radius 1 is 1.22 bits per heavy atom. The molecule has 10 heteroatoms. The number of hydrazone groups is 1. The largest absolute Gasteiger partial charge is 0.484 e. The van der Waals surface area contributed by atoms with Crippen LogP contribution in [0.25, 0.3) is 10.8 Å². The van der Waals surface area contributed by atoms with Crippen molar-refractivity contribution in [1.29, 1.82) is 0 Å². The SMILES string of the molecule is O=C(COc1ccc2cc(Br)ccc2c1)N1N=C(C(F)F)C[C@@]1(O)C(F)F. The highest BCUT2D eigenvalue weighted by Crippen LogP contribution is 2.33. The van der Waals surface area contributed by atoms with Crippen molar-refractivity contribution in [3.05, 3.63) is 40.9 Å². The molecule has 144 valence electrons. The van der Waals surface area contributed by atoms with E-state index in [9.17, 15) is 27.5 Å². The number of alkyl halides is 4. The van der Waals surface area contributed by atoms with Crippen molar-refractivity contribution < 1.29 is 32.2 Å². The Morgan fingerprint density at radius 2 is 1.89 bits per heavy atom. The first-order valence-corrected chi connectivity index (χ1v) is 8.51. The van der Waals surface area contributed by atoms with Crippen LogP contribution in [0.5, 0.6) is 5.75 Å². The van der Waals surface area contributed by atoms with Gasteiger partial charge in [0, 0.05) is 10.9 Å². The molecule has 1 aliphatic heterocycles. The van der Waals surface area contributed by atoms with Crippen LogP contribution in [0.4, 0.5) is 17.6 Å². The van der Waals surface area contributed by atoms with Crippen molar-refractivity contribution >= 4 is 38.3 Å². The van der Waals surface area contributed by atoms with Crippen LogP contribution in [0, 0.1) is 0 Å². The summed E-state index contributed by atoms with van der Waals surface area (Å²) in [5.41, 5.74) is -4.09. The third-order valence-corrected chi connectivity index (χ3v) is 4.50. The fourth-order valence-corrected chi connectivity index (χ4v) is 3.02. The number of amides is 1. The molecule has 0 aliphatic carbocycles. The van der Waals surface area contributed by atoms with E-state index in [1.165, 1.54) is 0 Å². The molecule has 0 aromatic heterocycles. The Kier molecular flexibility index (Phi) is 5.38. The molecular weight excluding hydrogens is 436 g/mol. The molecule has 0 saturated heterocycles. The van der Waals surface area contributed by atoms with Gasteiger partial charge in [-0.05, 0) is 35.0 Å². The number of hydrogen-bond acceptors (Lipinski definition) is 4. The fourth-order valence-electron chi connectivity index (χ4n) is 2.64. The average Bonchev–Trinajstić information content (AvgIpc) is 2.99. The highest BCUT2D eigenvalue weighted by atomic mass is 79.9.